The molecule has 0 bridgehead atoms. The van der Waals surface area contributed by atoms with Crippen molar-refractivity contribution in [3.05, 3.63) is 65.6 Å². The lowest BCUT2D eigenvalue weighted by Crippen LogP contribution is -2.09. The van der Waals surface area contributed by atoms with Crippen molar-refractivity contribution in [1.29, 1.82) is 0 Å². The first-order chi connectivity index (χ1) is 19.3. The molecule has 0 amide bonds. The van der Waals surface area contributed by atoms with E-state index >= 15 is 0 Å². The third kappa shape index (κ3) is 4.67. The van der Waals surface area contributed by atoms with E-state index in [9.17, 15) is 13.2 Å². The van der Waals surface area contributed by atoms with Crippen LogP contribution in [-0.4, -0.2) is 43.9 Å². The third-order valence-electron chi connectivity index (χ3n) is 6.67. The van der Waals surface area contributed by atoms with Crippen LogP contribution in [0.3, 0.4) is 0 Å². The summed E-state index contributed by atoms with van der Waals surface area (Å²) in [5, 5.41) is 7.02. The molecule has 0 radical (unpaired) electrons. The van der Waals surface area contributed by atoms with Crippen molar-refractivity contribution in [2.45, 2.75) is 38.4 Å². The van der Waals surface area contributed by atoms with Gasteiger partial charge in [-0.25, -0.2) is 24.6 Å². The van der Waals surface area contributed by atoms with Gasteiger partial charge in [0, 0.05) is 35.9 Å². The molecule has 10 nitrogen and oxygen atoms in total. The van der Waals surface area contributed by atoms with Gasteiger partial charge < -0.3 is 19.2 Å². The maximum Gasteiger partial charge on any atom is 0.435 e. The average molecular weight is 552 g/mol. The predicted octanol–water partition coefficient (Wildman–Crippen LogP) is 5.70. The predicted molar refractivity (Wildman–Crippen MR) is 139 cm³/mol. The normalized spacial score (nSPS) is 13.6. The Bertz CT molecular complexity index is 1710. The SMILES string of the molecule is COc1cc(-n2nc(C(F)(F)F)cc2C)ccc1CNc1nc(-c2c(OC)ncnc2C2CC2)nc2ccoc12. The zero-order valence-electron chi connectivity index (χ0n) is 21.8. The molecule has 0 aliphatic heterocycles. The summed E-state index contributed by atoms with van der Waals surface area (Å²) >= 11 is 0. The van der Waals surface area contributed by atoms with Crippen LogP contribution in [0.4, 0.5) is 19.0 Å². The fourth-order valence-corrected chi connectivity index (χ4v) is 4.57. The van der Waals surface area contributed by atoms with Gasteiger partial charge >= 0.3 is 6.18 Å². The molecule has 0 saturated heterocycles. The quantitative estimate of drug-likeness (QED) is 0.259. The van der Waals surface area contributed by atoms with Crippen molar-refractivity contribution in [1.82, 2.24) is 29.7 Å². The molecule has 0 atom stereocenters. The van der Waals surface area contributed by atoms with Crippen LogP contribution in [0.2, 0.25) is 0 Å². The largest absolute Gasteiger partial charge is 0.496 e. The number of hydrogen-bond donors (Lipinski definition) is 1. The molecule has 6 rings (SSSR count). The molecule has 40 heavy (non-hydrogen) atoms. The molecular weight excluding hydrogens is 527 g/mol. The number of methoxy groups -OCH3 is 2. The molecule has 1 aliphatic carbocycles. The van der Waals surface area contributed by atoms with Crippen LogP contribution in [0.15, 0.2) is 47.3 Å². The Morgan fingerprint density at radius 3 is 2.60 bits per heavy atom. The molecule has 1 fully saturated rings. The molecule has 206 valence electrons. The standard InChI is InChI=1S/C27H24F3N7O3/c1-14-10-20(27(28,29)30)36-37(14)17-7-6-16(19(11-17)38-2)12-31-25-23-18(8-9-40-23)34-24(35-25)21-22(15-4-5-15)32-13-33-26(21)39-3/h6-11,13,15H,4-5,12H2,1-3H3,(H,31,34,35). The number of furan rings is 1. The zero-order valence-corrected chi connectivity index (χ0v) is 21.8. The summed E-state index contributed by atoms with van der Waals surface area (Å²) in [6.07, 6.45) is 0.532. The van der Waals surface area contributed by atoms with Crippen LogP contribution in [-0.2, 0) is 12.7 Å². The minimum absolute atomic E-state index is 0.277. The van der Waals surface area contributed by atoms with Gasteiger partial charge in [-0.3, -0.25) is 0 Å². The lowest BCUT2D eigenvalue weighted by molar-refractivity contribution is -0.141. The second-order valence-corrected chi connectivity index (χ2v) is 9.38. The third-order valence-corrected chi connectivity index (χ3v) is 6.67. The molecule has 4 aromatic heterocycles. The van der Waals surface area contributed by atoms with Gasteiger partial charge in [0.1, 0.15) is 23.2 Å². The number of fused-ring (bicyclic) bond motifs is 1. The number of alkyl halides is 3. The van der Waals surface area contributed by atoms with Crippen molar-refractivity contribution < 1.29 is 27.1 Å². The van der Waals surface area contributed by atoms with Gasteiger partial charge in [-0.1, -0.05) is 6.07 Å². The van der Waals surface area contributed by atoms with Crippen molar-refractivity contribution >= 4 is 16.9 Å². The molecule has 1 saturated carbocycles. The molecule has 1 aliphatic rings. The van der Waals surface area contributed by atoms with Crippen molar-refractivity contribution in [2.75, 3.05) is 19.5 Å². The van der Waals surface area contributed by atoms with E-state index in [0.29, 0.717) is 57.2 Å². The van der Waals surface area contributed by atoms with E-state index in [1.165, 1.54) is 24.4 Å². The highest BCUT2D eigenvalue weighted by molar-refractivity contribution is 5.86. The average Bonchev–Trinajstić information content (AvgIpc) is 3.54. The summed E-state index contributed by atoms with van der Waals surface area (Å²) in [7, 11) is 3.04. The van der Waals surface area contributed by atoms with E-state index in [4.69, 9.17) is 18.9 Å². The number of nitrogens with zero attached hydrogens (tertiary/aromatic N) is 6. The van der Waals surface area contributed by atoms with Crippen molar-refractivity contribution in [2.24, 2.45) is 0 Å². The Labute approximate surface area is 226 Å². The van der Waals surface area contributed by atoms with E-state index in [2.05, 4.69) is 25.4 Å². The van der Waals surface area contributed by atoms with Crippen LogP contribution >= 0.6 is 0 Å². The first kappa shape index (κ1) is 25.6. The van der Waals surface area contributed by atoms with E-state index in [-0.39, 0.29) is 6.54 Å². The Kier molecular flexibility index (Phi) is 6.28. The maximum atomic E-state index is 13.2. The Balaban J connectivity index is 1.33. The summed E-state index contributed by atoms with van der Waals surface area (Å²) in [5.41, 5.74) is 3.13. The Morgan fingerprint density at radius 1 is 1.07 bits per heavy atom. The zero-order chi connectivity index (χ0) is 28.0. The number of hydrogen-bond acceptors (Lipinski definition) is 9. The lowest BCUT2D eigenvalue weighted by atomic mass is 10.1. The minimum Gasteiger partial charge on any atom is -0.496 e. The number of rotatable bonds is 8. The first-order valence-corrected chi connectivity index (χ1v) is 12.5. The highest BCUT2D eigenvalue weighted by Crippen LogP contribution is 2.45. The maximum absolute atomic E-state index is 13.2. The molecular formula is C27H24F3N7O3. The van der Waals surface area contributed by atoms with E-state index in [0.717, 1.165) is 30.2 Å². The summed E-state index contributed by atoms with van der Waals surface area (Å²) in [6, 6.07) is 7.83. The van der Waals surface area contributed by atoms with E-state index in [1.54, 1.807) is 38.3 Å². The number of nitrogens with one attached hydrogen (secondary N) is 1. The van der Waals surface area contributed by atoms with E-state index < -0.39 is 11.9 Å². The van der Waals surface area contributed by atoms with Crippen LogP contribution in [0, 0.1) is 6.92 Å². The van der Waals surface area contributed by atoms with Gasteiger partial charge in [0.05, 0.1) is 31.9 Å². The molecule has 13 heteroatoms. The molecule has 1 aromatic carbocycles. The molecule has 5 aromatic rings. The summed E-state index contributed by atoms with van der Waals surface area (Å²) in [6.45, 7) is 1.84. The smallest absolute Gasteiger partial charge is 0.435 e. The molecule has 0 unspecified atom stereocenters. The topological polar surface area (TPSA) is 113 Å². The summed E-state index contributed by atoms with van der Waals surface area (Å²) < 4.78 is 57.5. The number of benzene rings is 1. The molecule has 0 spiro atoms. The fraction of sp³-hybridized carbons (Fsp3) is 0.296. The van der Waals surface area contributed by atoms with Gasteiger partial charge in [-0.15, -0.1) is 0 Å². The van der Waals surface area contributed by atoms with Crippen molar-refractivity contribution in [3.63, 3.8) is 0 Å². The van der Waals surface area contributed by atoms with Crippen molar-refractivity contribution in [3.8, 4) is 28.7 Å². The summed E-state index contributed by atoms with van der Waals surface area (Å²) in [4.78, 5) is 18.2. The fourth-order valence-electron chi connectivity index (χ4n) is 4.57. The van der Waals surface area contributed by atoms with Gasteiger partial charge in [0.25, 0.3) is 0 Å². The second kappa shape index (κ2) is 9.81. The number of aryl methyl sites for hydroxylation is 1. The minimum atomic E-state index is -4.53. The monoisotopic (exact) mass is 551 g/mol. The summed E-state index contributed by atoms with van der Waals surface area (Å²) in [5.74, 6) is 2.02. The Morgan fingerprint density at radius 2 is 1.90 bits per heavy atom. The van der Waals surface area contributed by atoms with Gasteiger partial charge in [0.15, 0.2) is 22.9 Å². The lowest BCUT2D eigenvalue weighted by Gasteiger charge is -2.14. The number of anilines is 1. The Hall–Kier alpha value is -4.68. The molecule has 1 N–H and O–H groups in total. The first-order valence-electron chi connectivity index (χ1n) is 12.5. The second-order valence-electron chi connectivity index (χ2n) is 9.38. The number of aromatic nitrogens is 6. The highest BCUT2D eigenvalue weighted by atomic mass is 19.4. The van der Waals surface area contributed by atoms with Gasteiger partial charge in [-0.05, 0) is 31.9 Å². The number of ether oxygens (including phenoxy) is 2. The number of halogens is 3. The van der Waals surface area contributed by atoms with E-state index in [1.807, 2.05) is 0 Å². The highest BCUT2D eigenvalue weighted by Gasteiger charge is 2.35. The van der Waals surface area contributed by atoms with Crippen LogP contribution in [0.5, 0.6) is 11.6 Å². The van der Waals surface area contributed by atoms with Gasteiger partial charge in [0.2, 0.25) is 5.88 Å². The van der Waals surface area contributed by atoms with Gasteiger partial charge in [-0.2, -0.15) is 18.3 Å². The van der Waals surface area contributed by atoms with Crippen LogP contribution in [0.25, 0.3) is 28.2 Å². The van der Waals surface area contributed by atoms with Crippen LogP contribution < -0.4 is 14.8 Å². The van der Waals surface area contributed by atoms with Crippen LogP contribution in [0.1, 0.15) is 41.4 Å². The molecule has 4 heterocycles.